The largest absolute Gasteiger partial charge is 0.336 e. The van der Waals surface area contributed by atoms with Crippen LogP contribution in [0.3, 0.4) is 0 Å². The van der Waals surface area contributed by atoms with Gasteiger partial charge in [-0.1, -0.05) is 39.0 Å². The summed E-state index contributed by atoms with van der Waals surface area (Å²) in [7, 11) is 0. The number of anilines is 1. The van der Waals surface area contributed by atoms with Gasteiger partial charge < -0.3 is 10.2 Å². The first kappa shape index (κ1) is 22.1. The van der Waals surface area contributed by atoms with Crippen molar-refractivity contribution in [2.24, 2.45) is 11.3 Å². The van der Waals surface area contributed by atoms with Crippen molar-refractivity contribution in [1.29, 1.82) is 0 Å². The Morgan fingerprint density at radius 2 is 1.84 bits per heavy atom. The highest BCUT2D eigenvalue weighted by molar-refractivity contribution is 7.17. The van der Waals surface area contributed by atoms with Gasteiger partial charge in [0.15, 0.2) is 0 Å². The fraction of sp³-hybridized carbons (Fsp3) is 0.538. The van der Waals surface area contributed by atoms with Crippen molar-refractivity contribution in [3.8, 4) is 0 Å². The third-order valence-electron chi connectivity index (χ3n) is 7.03. The molecule has 2 aromatic rings. The molecule has 2 aliphatic rings. The summed E-state index contributed by atoms with van der Waals surface area (Å²) >= 11 is 1.62. The number of rotatable bonds is 3. The smallest absolute Gasteiger partial charge is 0.257 e. The molecule has 1 saturated heterocycles. The summed E-state index contributed by atoms with van der Waals surface area (Å²) < 4.78 is 0. The molecular formula is C26H34N2O2S. The van der Waals surface area contributed by atoms with Crippen LogP contribution in [0.2, 0.25) is 0 Å². The first-order chi connectivity index (χ1) is 14.8. The quantitative estimate of drug-likeness (QED) is 0.623. The van der Waals surface area contributed by atoms with Crippen LogP contribution in [-0.2, 0) is 12.8 Å². The number of hydrogen-bond acceptors (Lipinski definition) is 3. The Balaban J connectivity index is 1.70. The lowest BCUT2D eigenvalue weighted by molar-refractivity contribution is 0.0635. The summed E-state index contributed by atoms with van der Waals surface area (Å²) in [4.78, 5) is 30.0. The first-order valence-corrected chi connectivity index (χ1v) is 12.4. The van der Waals surface area contributed by atoms with Crippen LogP contribution in [0, 0.1) is 11.3 Å². The van der Waals surface area contributed by atoms with Gasteiger partial charge in [-0.25, -0.2) is 0 Å². The maximum absolute atomic E-state index is 13.7. The molecule has 1 aromatic carbocycles. The van der Waals surface area contributed by atoms with Crippen molar-refractivity contribution in [2.75, 3.05) is 11.9 Å². The molecule has 166 valence electrons. The van der Waals surface area contributed by atoms with Gasteiger partial charge in [0.2, 0.25) is 0 Å². The van der Waals surface area contributed by atoms with E-state index in [1.165, 1.54) is 16.9 Å². The van der Waals surface area contributed by atoms with E-state index in [9.17, 15) is 9.59 Å². The predicted octanol–water partition coefficient (Wildman–Crippen LogP) is 6.17. The van der Waals surface area contributed by atoms with E-state index in [4.69, 9.17) is 0 Å². The molecule has 2 atom stereocenters. The number of amides is 2. The summed E-state index contributed by atoms with van der Waals surface area (Å²) in [6, 6.07) is 9.51. The van der Waals surface area contributed by atoms with Gasteiger partial charge >= 0.3 is 0 Å². The van der Waals surface area contributed by atoms with Crippen LogP contribution >= 0.6 is 11.3 Å². The number of carbonyl (C=O) groups is 2. The molecule has 4 nitrogen and oxygen atoms in total. The molecule has 2 amide bonds. The molecule has 0 bridgehead atoms. The number of benzene rings is 1. The Morgan fingerprint density at radius 1 is 1.10 bits per heavy atom. The van der Waals surface area contributed by atoms with E-state index in [0.717, 1.165) is 49.2 Å². The van der Waals surface area contributed by atoms with E-state index >= 15 is 0 Å². The molecule has 4 rings (SSSR count). The first-order valence-electron chi connectivity index (χ1n) is 11.6. The zero-order valence-electron chi connectivity index (χ0n) is 19.2. The van der Waals surface area contributed by atoms with Crippen molar-refractivity contribution in [2.45, 2.75) is 72.3 Å². The number of hydrogen-bond donors (Lipinski definition) is 1. The molecular weight excluding hydrogens is 404 g/mol. The van der Waals surface area contributed by atoms with E-state index in [0.29, 0.717) is 11.5 Å². The van der Waals surface area contributed by atoms with Gasteiger partial charge in [0.05, 0.1) is 5.56 Å². The number of thiophene rings is 1. The summed E-state index contributed by atoms with van der Waals surface area (Å²) in [6.07, 6.45) is 6.28. The Morgan fingerprint density at radius 3 is 2.52 bits per heavy atom. The third-order valence-corrected chi connectivity index (χ3v) is 8.20. The summed E-state index contributed by atoms with van der Waals surface area (Å²) in [5.74, 6) is 0.544. The molecule has 0 radical (unpaired) electrons. The third kappa shape index (κ3) is 4.57. The molecule has 1 aromatic heterocycles. The molecule has 1 fully saturated rings. The Bertz CT molecular complexity index is 958. The average Bonchev–Trinajstić information content (AvgIpc) is 3.10. The fourth-order valence-corrected chi connectivity index (χ4v) is 6.26. The number of carbonyl (C=O) groups excluding carboxylic acids is 2. The van der Waals surface area contributed by atoms with E-state index < -0.39 is 0 Å². The van der Waals surface area contributed by atoms with Gasteiger partial charge in [-0.15, -0.1) is 11.3 Å². The molecule has 0 unspecified atom stereocenters. The van der Waals surface area contributed by atoms with Crippen LogP contribution in [0.15, 0.2) is 30.3 Å². The summed E-state index contributed by atoms with van der Waals surface area (Å²) in [5, 5.41) is 3.84. The zero-order valence-corrected chi connectivity index (χ0v) is 20.0. The van der Waals surface area contributed by atoms with Crippen molar-refractivity contribution in [3.05, 3.63) is 51.9 Å². The highest BCUT2D eigenvalue weighted by Crippen LogP contribution is 2.45. The maximum Gasteiger partial charge on any atom is 0.257 e. The zero-order chi connectivity index (χ0) is 22.2. The standard InChI is InChI=1S/C26H34N2O2S/c1-17-10-8-9-15-28(17)25(30)22-20-14-13-19(26(2,3)4)16-21(20)31-24(22)27-23(29)18-11-6-5-7-12-18/h5-7,11-12,17,19H,8-10,13-16H2,1-4H3,(H,27,29)/t17-,19-/m0/s1. The van der Waals surface area contributed by atoms with Gasteiger partial charge in [-0.2, -0.15) is 0 Å². The Kier molecular flexibility index (Phi) is 6.25. The second-order valence-electron chi connectivity index (χ2n) is 10.2. The molecule has 31 heavy (non-hydrogen) atoms. The molecule has 1 aliphatic heterocycles. The summed E-state index contributed by atoms with van der Waals surface area (Å²) in [5.41, 5.74) is 2.79. The average molecular weight is 439 g/mol. The monoisotopic (exact) mass is 438 g/mol. The van der Waals surface area contributed by atoms with E-state index in [-0.39, 0.29) is 23.3 Å². The van der Waals surface area contributed by atoms with Crippen LogP contribution in [0.5, 0.6) is 0 Å². The number of nitrogens with one attached hydrogen (secondary N) is 1. The minimum Gasteiger partial charge on any atom is -0.336 e. The Labute approximate surface area is 190 Å². The highest BCUT2D eigenvalue weighted by Gasteiger charge is 2.36. The van der Waals surface area contributed by atoms with Gasteiger partial charge in [0.25, 0.3) is 11.8 Å². The second-order valence-corrected chi connectivity index (χ2v) is 11.3. The van der Waals surface area contributed by atoms with Crippen LogP contribution in [-0.4, -0.2) is 29.3 Å². The topological polar surface area (TPSA) is 49.4 Å². The summed E-state index contributed by atoms with van der Waals surface area (Å²) in [6.45, 7) is 9.86. The number of likely N-dealkylation sites (tertiary alicyclic amines) is 1. The minimum atomic E-state index is -0.146. The lowest BCUT2D eigenvalue weighted by atomic mass is 9.72. The minimum absolute atomic E-state index is 0.0993. The van der Waals surface area contributed by atoms with Crippen LogP contribution in [0.4, 0.5) is 5.00 Å². The maximum atomic E-state index is 13.7. The highest BCUT2D eigenvalue weighted by atomic mass is 32.1. The van der Waals surface area contributed by atoms with Gasteiger partial charge in [0.1, 0.15) is 5.00 Å². The van der Waals surface area contributed by atoms with Crippen LogP contribution in [0.1, 0.15) is 84.5 Å². The molecule has 0 spiro atoms. The number of nitrogens with zero attached hydrogens (tertiary/aromatic N) is 1. The molecule has 1 aliphatic carbocycles. The molecule has 2 heterocycles. The number of piperidine rings is 1. The van der Waals surface area contributed by atoms with E-state index in [1.54, 1.807) is 11.3 Å². The lowest BCUT2D eigenvalue weighted by Crippen LogP contribution is -2.42. The predicted molar refractivity (Wildman–Crippen MR) is 128 cm³/mol. The molecule has 1 N–H and O–H groups in total. The van der Waals surface area contributed by atoms with Crippen molar-refractivity contribution in [3.63, 3.8) is 0 Å². The molecule has 0 saturated carbocycles. The van der Waals surface area contributed by atoms with E-state index in [1.807, 2.05) is 35.2 Å². The van der Waals surface area contributed by atoms with E-state index in [2.05, 4.69) is 33.0 Å². The second kappa shape index (κ2) is 8.78. The van der Waals surface area contributed by atoms with Crippen molar-refractivity contribution < 1.29 is 9.59 Å². The fourth-order valence-electron chi connectivity index (χ4n) is 4.95. The van der Waals surface area contributed by atoms with Gasteiger partial charge in [-0.3, -0.25) is 9.59 Å². The Hall–Kier alpha value is -2.14. The van der Waals surface area contributed by atoms with Crippen molar-refractivity contribution in [1.82, 2.24) is 4.90 Å². The SMILES string of the molecule is C[C@H]1CCCCN1C(=O)c1c(NC(=O)c2ccccc2)sc2c1CC[C@H](C(C)(C)C)C2. The molecule has 5 heteroatoms. The lowest BCUT2D eigenvalue weighted by Gasteiger charge is -2.35. The van der Waals surface area contributed by atoms with Crippen LogP contribution in [0.25, 0.3) is 0 Å². The van der Waals surface area contributed by atoms with Gasteiger partial charge in [-0.05, 0) is 74.5 Å². The number of fused-ring (bicyclic) bond motifs is 1. The normalized spacial score (nSPS) is 21.5. The van der Waals surface area contributed by atoms with Crippen LogP contribution < -0.4 is 5.32 Å². The van der Waals surface area contributed by atoms with Crippen molar-refractivity contribution >= 4 is 28.2 Å². The van der Waals surface area contributed by atoms with Gasteiger partial charge in [0, 0.05) is 23.0 Å².